The molecule has 0 spiro atoms. The third-order valence-electron chi connectivity index (χ3n) is 8.37. The summed E-state index contributed by atoms with van der Waals surface area (Å²) in [6.45, 7) is 38.8. The van der Waals surface area contributed by atoms with E-state index in [1.807, 2.05) is 0 Å². The van der Waals surface area contributed by atoms with Gasteiger partial charge in [-0.1, -0.05) is 70.9 Å². The molecule has 0 aromatic carbocycles. The largest absolute Gasteiger partial charge is 0.481 e. The zero-order valence-electron chi connectivity index (χ0n) is 61.4. The third kappa shape index (κ3) is 153. The van der Waals surface area contributed by atoms with Crippen molar-refractivity contribution < 1.29 is 223 Å². The van der Waals surface area contributed by atoms with Gasteiger partial charge in [-0.05, 0) is 20.8 Å². The van der Waals surface area contributed by atoms with E-state index in [9.17, 15) is 91.5 Å². The van der Waals surface area contributed by atoms with Crippen LogP contribution in [0, 0.1) is 0 Å². The highest BCUT2D eigenvalue weighted by atomic mass is 32.2. The predicted molar refractivity (Wildman–Crippen MR) is 399 cm³/mol. The maximum Gasteiger partial charge on any atom is 0.348 e. The summed E-state index contributed by atoms with van der Waals surface area (Å²) in [4.78, 5) is 168. The summed E-state index contributed by atoms with van der Waals surface area (Å²) in [5.41, 5.74) is 0.668. The van der Waals surface area contributed by atoms with E-state index in [0.717, 1.165) is 24.3 Å². The summed E-state index contributed by atoms with van der Waals surface area (Å²) in [6, 6.07) is 0. The minimum absolute atomic E-state index is 0.0400. The Morgan fingerprint density at radius 2 is 0.655 bits per heavy atom. The molecule has 0 amide bonds. The Morgan fingerprint density at radius 3 is 0.903 bits per heavy atom. The molecule has 54 heteroatoms. The van der Waals surface area contributed by atoms with Crippen molar-refractivity contribution >= 4 is 120 Å². The van der Waals surface area contributed by atoms with Crippen LogP contribution < -0.4 is 0 Å². The Kier molecular flexibility index (Phi) is 87.0. The van der Waals surface area contributed by atoms with Crippen molar-refractivity contribution in [1.29, 1.82) is 0 Å². The summed E-state index contributed by atoms with van der Waals surface area (Å²) in [6.07, 6.45) is 2.83. The fourth-order valence-electron chi connectivity index (χ4n) is 3.77. The van der Waals surface area contributed by atoms with E-state index < -0.39 is 174 Å². The first-order chi connectivity index (χ1) is 51.2. The molecule has 3 atom stereocenters. The lowest BCUT2D eigenvalue weighted by molar-refractivity contribution is -0.145. The van der Waals surface area contributed by atoms with Crippen LogP contribution in [0.25, 0.3) is 0 Å². The molecule has 0 aliphatic heterocycles. The van der Waals surface area contributed by atoms with Crippen LogP contribution in [-0.2, 0) is 139 Å². The molecule has 0 aliphatic carbocycles. The maximum atomic E-state index is 10.7. The average molecular weight is 1780 g/mol. The van der Waals surface area contributed by atoms with Crippen molar-refractivity contribution in [2.45, 2.75) is 58.3 Å². The predicted octanol–water partition coefficient (Wildman–Crippen LogP) is 0.299. The summed E-state index contributed by atoms with van der Waals surface area (Å²) in [7, 11) is -28.3. The number of rotatable bonds is 44. The second-order valence-corrected chi connectivity index (χ2v) is 30.9. The zero-order chi connectivity index (χ0) is 91.6. The minimum Gasteiger partial charge on any atom is -0.481 e. The van der Waals surface area contributed by atoms with E-state index in [0.29, 0.717) is 12.4 Å². The maximum absolute atomic E-state index is 10.7. The van der Waals surface area contributed by atoms with Gasteiger partial charge in [0.05, 0.1) is 95.7 Å². The molecule has 0 aromatic heterocycles. The van der Waals surface area contributed by atoms with Crippen molar-refractivity contribution in [3.05, 3.63) is 137 Å². The van der Waals surface area contributed by atoms with Crippen molar-refractivity contribution in [3.63, 3.8) is 0 Å². The minimum atomic E-state index is -4.13. The van der Waals surface area contributed by atoms with Crippen LogP contribution in [-0.4, -0.2) is 307 Å². The quantitative estimate of drug-likeness (QED) is 0.00742. The van der Waals surface area contributed by atoms with Gasteiger partial charge in [0, 0.05) is 46.8 Å². The van der Waals surface area contributed by atoms with Crippen LogP contribution in [0.2, 0.25) is 0 Å². The molecule has 0 aliphatic rings. The SMILES string of the molecule is C=C(C)C(=O)OCCC(=O)O.C=C(C)C(=O)OCCP(=O)(O)O.C=C(C)C(=O)OCCS(=O)(=O)O.C=CC(=O)O.C=CC(=O)OCCC(=O)O.C=CC(=O)OCCP(=O)(O)O.C=CC(=O)OCCS(=O)(=O)O.C=CCOCC(O)CC(=O)O.C=CCOCC(O)CP(=O)(O)O.C=CCOCC(O)CS(=O)(=O)O.C=CP(=O)(O)O. The molecule has 0 bridgehead atoms. The Morgan fingerprint density at radius 1 is 0.389 bits per heavy atom. The average Bonchev–Trinajstić information content (AvgIpc) is 0.957. The molecule has 0 rings (SSSR count). The zero-order valence-corrected chi connectivity index (χ0v) is 67.4. The van der Waals surface area contributed by atoms with E-state index in [2.05, 4.69) is 101 Å². The van der Waals surface area contributed by atoms with Crippen molar-refractivity contribution in [2.24, 2.45) is 0 Å². The standard InChI is InChI=1S/C7H10O4.C7H12O4.C6H11O5P.C6H13O5P.C6H10O5S.C6H12O5S.C6H8O4.C5H9O5P.C5H8O5S.C3H4O2.C2H5O3P/c1-5(2)7(10)11-4-3-6(8)9;1-2-3-11-5-6(8)4-7(9)10;1-5(2)6(7)11-3-4-12(8,9)10;1-2-3-11-4-6(7)5-12(8,9)10;1-5(2)6(7)11-3-4-12(8,9)10;1-2-3-11-4-6(7)5-12(8,9)10;1-2-6(9)10-4-3-5(7)8;2*1-2-5(6)10-3-4-11(7,8)9;1-2-3(4)5;1-2-6(3,4)5/h1,3-4H2,2H3,(H,8,9);2,6,8H,1,3-5H2,(H,9,10);1,3-4H2,2H3,(H2,8,9,10);2,6-7H,1,3-5H2,(H2,8,9,10);1,3-4H2,2H3,(H,8,9,10);2,6-7H,1,3-5H2,(H,8,9,10);2H,1,3-4H2,(H,7,8);2H,1,3-4H2,(H2,7,8,9);2H,1,3-4H2,(H,7,8,9);2H,1H2,(H,4,5);2H,1H2,(H2,3,4,5). The van der Waals surface area contributed by atoms with Gasteiger partial charge in [-0.3, -0.25) is 46.3 Å². The van der Waals surface area contributed by atoms with E-state index in [4.69, 9.17) is 103 Å². The van der Waals surface area contributed by atoms with Crippen molar-refractivity contribution in [1.82, 2.24) is 0 Å². The molecule has 47 nitrogen and oxygen atoms in total. The molecule has 0 radical (unpaired) electrons. The second-order valence-electron chi connectivity index (χ2n) is 19.4. The number of aliphatic hydroxyl groups is 3. The molecule has 0 saturated carbocycles. The Labute approximate surface area is 651 Å². The third-order valence-corrected chi connectivity index (χ3v) is 13.4. The molecule has 3 unspecified atom stereocenters. The lowest BCUT2D eigenvalue weighted by atomic mass is 10.3. The molecule has 18 N–H and O–H groups in total. The normalized spacial score (nSPS) is 11.1. The molecule has 658 valence electrons. The summed E-state index contributed by atoms with van der Waals surface area (Å²) in [5, 5.41) is 58.8. The van der Waals surface area contributed by atoms with Crippen LogP contribution in [0.3, 0.4) is 0 Å². The van der Waals surface area contributed by atoms with Gasteiger partial charge in [0.25, 0.3) is 30.4 Å². The monoisotopic (exact) mass is 1780 g/mol. The first-order valence-electron chi connectivity index (χ1n) is 29.8. The van der Waals surface area contributed by atoms with Crippen LogP contribution in [0.1, 0.15) is 40.0 Å². The van der Waals surface area contributed by atoms with Gasteiger partial charge < -0.3 is 118 Å². The summed E-state index contributed by atoms with van der Waals surface area (Å²) in [5.74, 6) is -9.11. The number of carbonyl (C=O) groups is 10. The van der Waals surface area contributed by atoms with Gasteiger partial charge in [-0.25, -0.2) is 33.6 Å². The van der Waals surface area contributed by atoms with Crippen LogP contribution >= 0.6 is 30.4 Å². The van der Waals surface area contributed by atoms with Gasteiger partial charge in [-0.2, -0.15) is 25.3 Å². The Bertz CT molecular complexity index is 3490. The molecule has 0 heterocycles. The summed E-state index contributed by atoms with van der Waals surface area (Å²) < 4.78 is 166. The van der Waals surface area contributed by atoms with E-state index in [1.54, 1.807) is 0 Å². The van der Waals surface area contributed by atoms with Crippen LogP contribution in [0.5, 0.6) is 0 Å². The Balaban J connectivity index is -0.000000113. The van der Waals surface area contributed by atoms with Crippen molar-refractivity contribution in [3.8, 4) is 0 Å². The molecule has 113 heavy (non-hydrogen) atoms. The smallest absolute Gasteiger partial charge is 0.348 e. The molecule has 0 fully saturated rings. The number of carboxylic acid groups (broad SMARTS) is 4. The van der Waals surface area contributed by atoms with Gasteiger partial charge in [-0.15, -0.1) is 19.7 Å². The molecular formula is C59H102O47P4S3. The van der Waals surface area contributed by atoms with Gasteiger partial charge in [0.15, 0.2) is 0 Å². The number of hydrogen-bond donors (Lipinski definition) is 18. The number of hydrogen-bond acceptors (Lipinski definition) is 32. The van der Waals surface area contributed by atoms with E-state index in [1.165, 1.54) is 39.0 Å². The fourth-order valence-corrected chi connectivity index (χ4v) is 6.25. The Hall–Kier alpha value is -8.07. The highest BCUT2D eigenvalue weighted by Crippen LogP contribution is 2.36. The topological polar surface area (TPSA) is 789 Å². The van der Waals surface area contributed by atoms with Gasteiger partial charge >= 0.3 is 90.1 Å². The van der Waals surface area contributed by atoms with E-state index in [-0.39, 0.29) is 109 Å². The van der Waals surface area contributed by atoms with Gasteiger partial charge in [0.2, 0.25) is 0 Å². The van der Waals surface area contributed by atoms with Crippen LogP contribution in [0.4, 0.5) is 0 Å². The highest BCUT2D eigenvalue weighted by Gasteiger charge is 2.20. The molecule has 0 saturated heterocycles. The first kappa shape index (κ1) is 128. The number of carboxylic acids is 4. The van der Waals surface area contributed by atoms with Crippen LogP contribution in [0.15, 0.2) is 137 Å². The van der Waals surface area contributed by atoms with Gasteiger partial charge in [0.1, 0.15) is 56.9 Å². The fraction of sp³-hybridized carbons (Fsp3) is 0.458. The number of esters is 6. The molecule has 0 aromatic rings. The van der Waals surface area contributed by atoms with E-state index >= 15 is 0 Å². The number of carbonyl (C=O) groups excluding carboxylic acids is 6. The highest BCUT2D eigenvalue weighted by molar-refractivity contribution is 7.86. The number of aliphatic carboxylic acids is 4. The lowest BCUT2D eigenvalue weighted by Crippen LogP contribution is -2.25. The molecular weight excluding hydrogens is 1680 g/mol. The summed E-state index contributed by atoms with van der Waals surface area (Å²) >= 11 is 0. The lowest BCUT2D eigenvalue weighted by Gasteiger charge is -2.10. The first-order valence-corrected chi connectivity index (χ1v) is 41.7. The number of aliphatic hydroxyl groups excluding tert-OH is 3. The second kappa shape index (κ2) is 76.6. The number of ether oxygens (including phenoxy) is 9. The van der Waals surface area contributed by atoms with Crippen molar-refractivity contribution in [2.75, 3.05) is 115 Å².